The molecule has 1 aromatic carbocycles. The number of halogens is 1. The molecule has 0 spiro atoms. The molecule has 1 aliphatic rings. The first-order valence-corrected chi connectivity index (χ1v) is 7.52. The largest absolute Gasteiger partial charge is 0.495 e. The van der Waals surface area contributed by atoms with Crippen LogP contribution in [0.5, 0.6) is 5.75 Å². The summed E-state index contributed by atoms with van der Waals surface area (Å²) in [5, 5.41) is 6.60. The smallest absolute Gasteiger partial charge is 0.221 e. The van der Waals surface area contributed by atoms with Gasteiger partial charge in [0.1, 0.15) is 5.75 Å². The molecule has 21 heavy (non-hydrogen) atoms. The van der Waals surface area contributed by atoms with Crippen molar-refractivity contribution in [1.29, 1.82) is 0 Å². The fourth-order valence-electron chi connectivity index (χ4n) is 2.22. The molecule has 1 saturated heterocycles. The summed E-state index contributed by atoms with van der Waals surface area (Å²) >= 11 is 6.04. The number of nitrogens with one attached hydrogen (secondary N) is 2. The van der Waals surface area contributed by atoms with E-state index in [0.717, 1.165) is 25.1 Å². The van der Waals surface area contributed by atoms with Gasteiger partial charge in [-0.05, 0) is 31.0 Å². The fraction of sp³-hybridized carbons (Fsp3) is 0.533. The van der Waals surface area contributed by atoms with Crippen molar-refractivity contribution in [2.75, 3.05) is 32.1 Å². The van der Waals surface area contributed by atoms with Gasteiger partial charge >= 0.3 is 0 Å². The summed E-state index contributed by atoms with van der Waals surface area (Å²) in [4.78, 5) is 11.7. The van der Waals surface area contributed by atoms with E-state index in [4.69, 9.17) is 21.1 Å². The summed E-state index contributed by atoms with van der Waals surface area (Å²) in [6.45, 7) is 1.97. The second kappa shape index (κ2) is 8.10. The molecule has 116 valence electrons. The van der Waals surface area contributed by atoms with Gasteiger partial charge in [0.05, 0.1) is 18.2 Å². The van der Waals surface area contributed by atoms with Crippen LogP contribution in [-0.4, -0.2) is 38.8 Å². The molecule has 2 N–H and O–H groups in total. The molecule has 1 aromatic rings. The Kier molecular flexibility index (Phi) is 6.14. The van der Waals surface area contributed by atoms with Gasteiger partial charge in [0, 0.05) is 31.8 Å². The van der Waals surface area contributed by atoms with Crippen molar-refractivity contribution in [3.63, 3.8) is 0 Å². The van der Waals surface area contributed by atoms with E-state index in [1.54, 1.807) is 19.2 Å². The maximum Gasteiger partial charge on any atom is 0.221 e. The van der Waals surface area contributed by atoms with E-state index < -0.39 is 0 Å². The number of methoxy groups -OCH3 is 1. The number of hydrogen-bond acceptors (Lipinski definition) is 4. The first-order chi connectivity index (χ1) is 10.2. The summed E-state index contributed by atoms with van der Waals surface area (Å²) < 4.78 is 10.5. The summed E-state index contributed by atoms with van der Waals surface area (Å²) in [5.41, 5.74) is 0.868. The molecule has 0 aliphatic carbocycles. The lowest BCUT2D eigenvalue weighted by Crippen LogP contribution is -2.32. The van der Waals surface area contributed by atoms with E-state index in [9.17, 15) is 4.79 Å². The van der Waals surface area contributed by atoms with E-state index in [2.05, 4.69) is 10.6 Å². The lowest BCUT2D eigenvalue weighted by molar-refractivity contribution is -0.121. The van der Waals surface area contributed by atoms with Crippen LogP contribution in [0.4, 0.5) is 5.69 Å². The Morgan fingerprint density at radius 2 is 2.38 bits per heavy atom. The molecule has 1 unspecified atom stereocenters. The summed E-state index contributed by atoms with van der Waals surface area (Å²) in [7, 11) is 1.58. The third kappa shape index (κ3) is 5.10. The highest BCUT2D eigenvalue weighted by Gasteiger charge is 2.15. The Balaban J connectivity index is 1.66. The maximum absolute atomic E-state index is 11.7. The highest BCUT2D eigenvalue weighted by Crippen LogP contribution is 2.27. The highest BCUT2D eigenvalue weighted by atomic mass is 35.5. The molecule has 6 heteroatoms. The maximum atomic E-state index is 11.7. The fourth-order valence-corrected chi connectivity index (χ4v) is 2.48. The van der Waals surface area contributed by atoms with Crippen molar-refractivity contribution in [2.45, 2.75) is 25.4 Å². The second-order valence-corrected chi connectivity index (χ2v) is 5.37. The molecule has 0 bridgehead atoms. The number of amides is 1. The molecule has 0 aromatic heterocycles. The van der Waals surface area contributed by atoms with Gasteiger partial charge in [0.15, 0.2) is 0 Å². The summed E-state index contributed by atoms with van der Waals surface area (Å²) in [6, 6.07) is 5.45. The van der Waals surface area contributed by atoms with E-state index in [1.807, 2.05) is 6.07 Å². The highest BCUT2D eigenvalue weighted by molar-refractivity contribution is 6.32. The number of carbonyl (C=O) groups excluding carboxylic acids is 1. The number of carbonyl (C=O) groups is 1. The van der Waals surface area contributed by atoms with Crippen LogP contribution in [0.3, 0.4) is 0 Å². The van der Waals surface area contributed by atoms with Gasteiger partial charge in [-0.1, -0.05) is 11.6 Å². The van der Waals surface area contributed by atoms with Gasteiger partial charge in [-0.15, -0.1) is 0 Å². The van der Waals surface area contributed by atoms with E-state index >= 15 is 0 Å². The lowest BCUT2D eigenvalue weighted by Gasteiger charge is -2.11. The van der Waals surface area contributed by atoms with Crippen molar-refractivity contribution in [3.05, 3.63) is 23.2 Å². The number of hydrogen-bond donors (Lipinski definition) is 2. The molecule has 0 radical (unpaired) electrons. The van der Waals surface area contributed by atoms with E-state index in [0.29, 0.717) is 30.3 Å². The van der Waals surface area contributed by atoms with Crippen LogP contribution in [0.25, 0.3) is 0 Å². The Labute approximate surface area is 130 Å². The zero-order chi connectivity index (χ0) is 15.1. The second-order valence-electron chi connectivity index (χ2n) is 4.97. The SMILES string of the molecule is COc1ccc(NCCC(=O)NCC2CCCO2)cc1Cl. The van der Waals surface area contributed by atoms with Crippen LogP contribution in [-0.2, 0) is 9.53 Å². The van der Waals surface area contributed by atoms with Gasteiger partial charge < -0.3 is 20.1 Å². The minimum absolute atomic E-state index is 0.0256. The number of benzene rings is 1. The quantitative estimate of drug-likeness (QED) is 0.812. The monoisotopic (exact) mass is 312 g/mol. The molecule has 1 aliphatic heterocycles. The first-order valence-electron chi connectivity index (χ1n) is 7.15. The van der Waals surface area contributed by atoms with Crippen LogP contribution >= 0.6 is 11.6 Å². The molecule has 0 saturated carbocycles. The molecule has 1 atom stereocenters. The molecule has 5 nitrogen and oxygen atoms in total. The van der Waals surface area contributed by atoms with Crippen LogP contribution in [0.1, 0.15) is 19.3 Å². The third-order valence-corrected chi connectivity index (χ3v) is 3.68. The zero-order valence-electron chi connectivity index (χ0n) is 12.2. The van der Waals surface area contributed by atoms with E-state index in [-0.39, 0.29) is 12.0 Å². The van der Waals surface area contributed by atoms with Crippen molar-refractivity contribution in [3.8, 4) is 5.75 Å². The molecular formula is C15H21ClN2O3. The molecular weight excluding hydrogens is 292 g/mol. The average Bonchev–Trinajstić information content (AvgIpc) is 2.99. The molecule has 1 heterocycles. The van der Waals surface area contributed by atoms with Gasteiger partial charge in [0.25, 0.3) is 0 Å². The minimum Gasteiger partial charge on any atom is -0.495 e. The Bertz CT molecular complexity index is 476. The van der Waals surface area contributed by atoms with Gasteiger partial charge in [-0.2, -0.15) is 0 Å². The number of rotatable bonds is 7. The third-order valence-electron chi connectivity index (χ3n) is 3.38. The van der Waals surface area contributed by atoms with Crippen LogP contribution in [0, 0.1) is 0 Å². The number of ether oxygens (including phenoxy) is 2. The first kappa shape index (κ1) is 15.9. The number of anilines is 1. The van der Waals surface area contributed by atoms with Crippen molar-refractivity contribution in [1.82, 2.24) is 5.32 Å². The lowest BCUT2D eigenvalue weighted by atomic mass is 10.2. The normalized spacial score (nSPS) is 17.5. The molecule has 1 fully saturated rings. The summed E-state index contributed by atoms with van der Waals surface area (Å²) in [6.07, 6.45) is 2.71. The van der Waals surface area contributed by atoms with Gasteiger partial charge in [0.2, 0.25) is 5.91 Å². The standard InChI is InChI=1S/C15H21ClN2O3/c1-20-14-5-4-11(9-13(14)16)17-7-6-15(19)18-10-12-3-2-8-21-12/h4-5,9,12,17H,2-3,6-8,10H2,1H3,(H,18,19). The Morgan fingerprint density at radius 1 is 1.52 bits per heavy atom. The van der Waals surface area contributed by atoms with Crippen molar-refractivity contribution >= 4 is 23.2 Å². The van der Waals surface area contributed by atoms with Gasteiger partial charge in [-0.25, -0.2) is 0 Å². The Morgan fingerprint density at radius 3 is 3.05 bits per heavy atom. The summed E-state index contributed by atoms with van der Waals surface area (Å²) in [5.74, 6) is 0.661. The van der Waals surface area contributed by atoms with Gasteiger partial charge in [-0.3, -0.25) is 4.79 Å². The minimum atomic E-state index is 0.0256. The zero-order valence-corrected chi connectivity index (χ0v) is 12.9. The predicted molar refractivity (Wildman–Crippen MR) is 83.1 cm³/mol. The van der Waals surface area contributed by atoms with Crippen LogP contribution in [0.2, 0.25) is 5.02 Å². The van der Waals surface area contributed by atoms with E-state index in [1.165, 1.54) is 0 Å². The van der Waals surface area contributed by atoms with Crippen molar-refractivity contribution < 1.29 is 14.3 Å². The van der Waals surface area contributed by atoms with Crippen molar-refractivity contribution in [2.24, 2.45) is 0 Å². The predicted octanol–water partition coefficient (Wildman–Crippen LogP) is 2.45. The average molecular weight is 313 g/mol. The Hall–Kier alpha value is -1.46. The molecule has 2 rings (SSSR count). The molecule has 1 amide bonds. The topological polar surface area (TPSA) is 59.6 Å². The van der Waals surface area contributed by atoms with Crippen LogP contribution < -0.4 is 15.4 Å². The van der Waals surface area contributed by atoms with Crippen LogP contribution in [0.15, 0.2) is 18.2 Å².